The summed E-state index contributed by atoms with van der Waals surface area (Å²) >= 11 is 0. The van der Waals surface area contributed by atoms with E-state index < -0.39 is 0 Å². The highest BCUT2D eigenvalue weighted by Gasteiger charge is 2.35. The van der Waals surface area contributed by atoms with Crippen LogP contribution in [0.3, 0.4) is 0 Å². The number of rotatable bonds is 4. The molecule has 0 unspecified atom stereocenters. The largest absolute Gasteiger partial charge is 0.243 e. The number of hydrogen-bond donors (Lipinski definition) is 0. The quantitative estimate of drug-likeness (QED) is 0.177. The third-order valence-corrected chi connectivity index (χ3v) is 10.8. The topological polar surface area (TPSA) is 25.8 Å². The summed E-state index contributed by atoms with van der Waals surface area (Å²) in [5.41, 5.74) is 15.9. The average molecular weight is 651 g/mol. The second-order valence-electron chi connectivity index (χ2n) is 14.2. The van der Waals surface area contributed by atoms with Crippen LogP contribution in [0.1, 0.15) is 25.0 Å². The van der Waals surface area contributed by atoms with Crippen molar-refractivity contribution in [1.82, 2.24) is 9.97 Å². The standard InChI is InChI=1S/C49H34N2/c1-49(2)43-25-11-10-22-39(43)40-27-26-35(30-44(40)49)33-17-12-16-32(28-33)34-18-13-19-36(29-34)46-45(31-14-4-3-5-15-31)50-47-41-23-8-6-20-37(41)38-21-7-9-24-42(38)48(47)51-46/h3-30H,1-2H3. The summed E-state index contributed by atoms with van der Waals surface area (Å²) in [5.74, 6) is 0. The molecule has 0 radical (unpaired) electrons. The van der Waals surface area contributed by atoms with Gasteiger partial charge in [0.15, 0.2) is 0 Å². The molecule has 2 heteroatoms. The molecule has 0 aliphatic heterocycles. The molecule has 0 N–H and O–H groups in total. The van der Waals surface area contributed by atoms with E-state index in [-0.39, 0.29) is 5.41 Å². The van der Waals surface area contributed by atoms with Crippen molar-refractivity contribution in [2.75, 3.05) is 0 Å². The predicted octanol–water partition coefficient (Wildman–Crippen LogP) is 12.9. The molecule has 0 saturated carbocycles. The zero-order valence-electron chi connectivity index (χ0n) is 28.6. The number of fused-ring (bicyclic) bond motifs is 9. The van der Waals surface area contributed by atoms with Crippen molar-refractivity contribution >= 4 is 32.6 Å². The van der Waals surface area contributed by atoms with Gasteiger partial charge in [-0.05, 0) is 73.5 Å². The monoisotopic (exact) mass is 650 g/mol. The van der Waals surface area contributed by atoms with Gasteiger partial charge in [0.2, 0.25) is 0 Å². The molecule has 0 bridgehead atoms. The van der Waals surface area contributed by atoms with Crippen LogP contribution in [0.25, 0.3) is 88.5 Å². The number of nitrogens with zero attached hydrogens (tertiary/aromatic N) is 2. The minimum absolute atomic E-state index is 0.0388. The van der Waals surface area contributed by atoms with Crippen LogP contribution in [0, 0.1) is 0 Å². The molecular weight excluding hydrogens is 617 g/mol. The summed E-state index contributed by atoms with van der Waals surface area (Å²) in [4.78, 5) is 11.0. The van der Waals surface area contributed by atoms with Crippen molar-refractivity contribution in [2.45, 2.75) is 19.3 Å². The van der Waals surface area contributed by atoms with Crippen molar-refractivity contribution in [2.24, 2.45) is 0 Å². The predicted molar refractivity (Wildman–Crippen MR) is 214 cm³/mol. The van der Waals surface area contributed by atoms with E-state index in [9.17, 15) is 0 Å². The molecule has 8 aromatic carbocycles. The van der Waals surface area contributed by atoms with E-state index >= 15 is 0 Å². The Hall–Kier alpha value is -6.38. The lowest BCUT2D eigenvalue weighted by Crippen LogP contribution is -2.14. The maximum absolute atomic E-state index is 5.50. The van der Waals surface area contributed by atoms with E-state index in [0.29, 0.717) is 0 Å². The Labute approximate surface area is 297 Å². The van der Waals surface area contributed by atoms with Crippen molar-refractivity contribution < 1.29 is 0 Å². The van der Waals surface area contributed by atoms with Gasteiger partial charge in [-0.1, -0.05) is 166 Å². The molecule has 0 amide bonds. The van der Waals surface area contributed by atoms with Gasteiger partial charge >= 0.3 is 0 Å². The highest BCUT2D eigenvalue weighted by molar-refractivity contribution is 6.23. The fourth-order valence-electron chi connectivity index (χ4n) is 8.27. The Balaban J connectivity index is 1.12. The zero-order valence-corrected chi connectivity index (χ0v) is 28.6. The van der Waals surface area contributed by atoms with Crippen molar-refractivity contribution in [1.29, 1.82) is 0 Å². The first-order valence-corrected chi connectivity index (χ1v) is 17.7. The lowest BCUT2D eigenvalue weighted by Gasteiger charge is -2.22. The third-order valence-electron chi connectivity index (χ3n) is 10.8. The Kier molecular flexibility index (Phi) is 6.56. The second-order valence-corrected chi connectivity index (χ2v) is 14.2. The van der Waals surface area contributed by atoms with Gasteiger partial charge in [0, 0.05) is 27.3 Å². The van der Waals surface area contributed by atoms with E-state index in [1.54, 1.807) is 0 Å². The second kappa shape index (κ2) is 11.3. The summed E-state index contributed by atoms with van der Waals surface area (Å²) in [5, 5.41) is 4.62. The fraction of sp³-hybridized carbons (Fsp3) is 0.0612. The Bertz CT molecular complexity index is 2830. The van der Waals surface area contributed by atoms with Crippen molar-refractivity contribution in [3.05, 3.63) is 181 Å². The summed E-state index contributed by atoms with van der Waals surface area (Å²) < 4.78 is 0. The molecule has 0 spiro atoms. The molecule has 0 atom stereocenters. The Morgan fingerprint density at radius 3 is 1.43 bits per heavy atom. The van der Waals surface area contributed by atoms with Crippen LogP contribution < -0.4 is 0 Å². The summed E-state index contributed by atoms with van der Waals surface area (Å²) in [6.45, 7) is 4.68. The molecule has 0 fully saturated rings. The Morgan fingerprint density at radius 1 is 0.333 bits per heavy atom. The molecule has 240 valence electrons. The van der Waals surface area contributed by atoms with Gasteiger partial charge in [-0.15, -0.1) is 0 Å². The Morgan fingerprint density at radius 2 is 0.784 bits per heavy atom. The highest BCUT2D eigenvalue weighted by Crippen LogP contribution is 2.49. The normalized spacial score (nSPS) is 13.1. The van der Waals surface area contributed by atoms with Crippen LogP contribution in [0.5, 0.6) is 0 Å². The highest BCUT2D eigenvalue weighted by atomic mass is 14.8. The van der Waals surface area contributed by atoms with E-state index in [1.165, 1.54) is 49.7 Å². The van der Waals surface area contributed by atoms with Crippen LogP contribution in [0.4, 0.5) is 0 Å². The number of hydrogen-bond acceptors (Lipinski definition) is 2. The lowest BCUT2D eigenvalue weighted by molar-refractivity contribution is 0.660. The molecule has 1 heterocycles. The van der Waals surface area contributed by atoms with Gasteiger partial charge in [0.25, 0.3) is 0 Å². The fourth-order valence-corrected chi connectivity index (χ4v) is 8.27. The van der Waals surface area contributed by atoms with E-state index in [1.807, 2.05) is 0 Å². The molecule has 10 rings (SSSR count). The molecule has 1 aliphatic carbocycles. The van der Waals surface area contributed by atoms with Crippen molar-refractivity contribution in [3.63, 3.8) is 0 Å². The average Bonchev–Trinajstić information content (AvgIpc) is 3.43. The van der Waals surface area contributed by atoms with Gasteiger partial charge in [0.1, 0.15) is 0 Å². The molecular formula is C49H34N2. The minimum atomic E-state index is -0.0388. The first kappa shape index (κ1) is 29.5. The van der Waals surface area contributed by atoms with Gasteiger partial charge < -0.3 is 0 Å². The molecule has 0 saturated heterocycles. The lowest BCUT2D eigenvalue weighted by atomic mass is 9.81. The van der Waals surface area contributed by atoms with E-state index in [2.05, 4.69) is 184 Å². The van der Waals surface area contributed by atoms with Crippen LogP contribution >= 0.6 is 0 Å². The molecule has 2 nitrogen and oxygen atoms in total. The molecule has 9 aromatic rings. The maximum Gasteiger partial charge on any atom is 0.0979 e. The summed E-state index contributed by atoms with van der Waals surface area (Å²) in [6.07, 6.45) is 0. The SMILES string of the molecule is CC1(C)c2ccccc2-c2ccc(-c3cccc(-c4cccc(-c5nc6c7ccccc7c7ccccc7c6nc5-c5ccccc5)c4)c3)cc21. The minimum Gasteiger partial charge on any atom is -0.243 e. The third kappa shape index (κ3) is 4.64. The zero-order chi connectivity index (χ0) is 34.1. The van der Waals surface area contributed by atoms with E-state index in [4.69, 9.17) is 9.97 Å². The van der Waals surface area contributed by atoms with Gasteiger partial charge in [-0.2, -0.15) is 0 Å². The van der Waals surface area contributed by atoms with Gasteiger partial charge in [0.05, 0.1) is 22.4 Å². The van der Waals surface area contributed by atoms with Crippen LogP contribution in [-0.4, -0.2) is 9.97 Å². The first-order chi connectivity index (χ1) is 25.0. The van der Waals surface area contributed by atoms with Crippen molar-refractivity contribution in [3.8, 4) is 55.9 Å². The maximum atomic E-state index is 5.50. The van der Waals surface area contributed by atoms with Crippen LogP contribution in [0.2, 0.25) is 0 Å². The van der Waals surface area contributed by atoms with Gasteiger partial charge in [-0.25, -0.2) is 9.97 Å². The van der Waals surface area contributed by atoms with Gasteiger partial charge in [-0.3, -0.25) is 0 Å². The summed E-state index contributed by atoms with van der Waals surface area (Å²) in [6, 6.07) is 61.1. The molecule has 1 aliphatic rings. The van der Waals surface area contributed by atoms with Crippen LogP contribution in [0.15, 0.2) is 170 Å². The van der Waals surface area contributed by atoms with E-state index in [0.717, 1.165) is 49.9 Å². The number of aromatic nitrogens is 2. The summed E-state index contributed by atoms with van der Waals surface area (Å²) in [7, 11) is 0. The number of benzene rings is 8. The van der Waals surface area contributed by atoms with Crippen LogP contribution in [-0.2, 0) is 5.41 Å². The molecule has 51 heavy (non-hydrogen) atoms. The first-order valence-electron chi connectivity index (χ1n) is 17.7. The smallest absolute Gasteiger partial charge is 0.0979 e. The molecule has 1 aromatic heterocycles.